The lowest BCUT2D eigenvalue weighted by Crippen LogP contribution is -2.11. The van der Waals surface area contributed by atoms with Crippen LogP contribution >= 0.6 is 45.2 Å². The fourth-order valence-corrected chi connectivity index (χ4v) is 4.47. The van der Waals surface area contributed by atoms with Crippen LogP contribution in [0, 0.1) is 7.14 Å². The summed E-state index contributed by atoms with van der Waals surface area (Å²) >= 11 is 4.32. The number of rotatable bonds is 2. The van der Waals surface area contributed by atoms with Crippen LogP contribution in [0.5, 0.6) is 5.75 Å². The molecular formula is C16H13I2NO2. The van der Waals surface area contributed by atoms with Crippen molar-refractivity contribution in [2.24, 2.45) is 4.99 Å². The molecule has 3 nitrogen and oxygen atoms in total. The Morgan fingerprint density at radius 1 is 1.19 bits per heavy atom. The van der Waals surface area contributed by atoms with Crippen molar-refractivity contribution in [3.63, 3.8) is 0 Å². The second kappa shape index (κ2) is 6.21. The predicted octanol–water partition coefficient (Wildman–Crippen LogP) is 3.68. The van der Waals surface area contributed by atoms with Crippen LogP contribution in [-0.4, -0.2) is 22.5 Å². The van der Waals surface area contributed by atoms with Crippen molar-refractivity contribution in [2.45, 2.75) is 18.6 Å². The van der Waals surface area contributed by atoms with E-state index < -0.39 is 6.10 Å². The lowest BCUT2D eigenvalue weighted by molar-refractivity contribution is 0.159. The Labute approximate surface area is 150 Å². The van der Waals surface area contributed by atoms with Gasteiger partial charge in [0.25, 0.3) is 0 Å². The Morgan fingerprint density at radius 2 is 1.95 bits per heavy atom. The number of fused-ring (bicyclic) bond motifs is 1. The van der Waals surface area contributed by atoms with Gasteiger partial charge in [-0.25, -0.2) is 0 Å². The second-order valence-electron chi connectivity index (χ2n) is 5.02. The third kappa shape index (κ3) is 3.09. The molecule has 2 aromatic rings. The Kier molecular flexibility index (Phi) is 4.51. The maximum Gasteiger partial charge on any atom is 0.137 e. The van der Waals surface area contributed by atoms with E-state index in [4.69, 9.17) is 0 Å². The van der Waals surface area contributed by atoms with Gasteiger partial charge in [-0.3, -0.25) is 4.99 Å². The molecule has 0 heterocycles. The zero-order valence-electron chi connectivity index (χ0n) is 11.0. The number of phenols is 1. The van der Waals surface area contributed by atoms with E-state index in [9.17, 15) is 10.2 Å². The van der Waals surface area contributed by atoms with Crippen LogP contribution in [0.3, 0.4) is 0 Å². The first-order chi connectivity index (χ1) is 10.1. The summed E-state index contributed by atoms with van der Waals surface area (Å²) in [5.41, 5.74) is 2.90. The van der Waals surface area contributed by atoms with Crippen LogP contribution in [0.4, 0.5) is 0 Å². The van der Waals surface area contributed by atoms with E-state index in [0.29, 0.717) is 12.0 Å². The lowest BCUT2D eigenvalue weighted by atomic mass is 10.1. The van der Waals surface area contributed by atoms with Crippen molar-refractivity contribution < 1.29 is 10.2 Å². The molecule has 1 aliphatic rings. The summed E-state index contributed by atoms with van der Waals surface area (Å²) in [5.74, 6) is 0.237. The summed E-state index contributed by atoms with van der Waals surface area (Å²) in [6.45, 7) is 0. The zero-order chi connectivity index (χ0) is 15.0. The quantitative estimate of drug-likeness (QED) is 0.484. The number of hydrogen-bond donors (Lipinski definition) is 2. The highest BCUT2D eigenvalue weighted by molar-refractivity contribution is 14.1. The summed E-state index contributed by atoms with van der Waals surface area (Å²) in [6, 6.07) is 11.5. The number of halogens is 2. The van der Waals surface area contributed by atoms with E-state index >= 15 is 0 Å². The van der Waals surface area contributed by atoms with Crippen LogP contribution in [0.25, 0.3) is 0 Å². The molecule has 0 radical (unpaired) electrons. The minimum Gasteiger partial charge on any atom is -0.506 e. The van der Waals surface area contributed by atoms with Crippen molar-refractivity contribution in [3.05, 3.63) is 60.2 Å². The third-order valence-corrected chi connectivity index (χ3v) is 5.04. The number of aliphatic hydroxyl groups excluding tert-OH is 1. The molecule has 0 spiro atoms. The summed E-state index contributed by atoms with van der Waals surface area (Å²) < 4.78 is 1.84. The molecule has 3 rings (SSSR count). The molecule has 1 aliphatic carbocycles. The maximum atomic E-state index is 10.2. The largest absolute Gasteiger partial charge is 0.506 e. The van der Waals surface area contributed by atoms with Gasteiger partial charge >= 0.3 is 0 Å². The van der Waals surface area contributed by atoms with Gasteiger partial charge in [0.2, 0.25) is 0 Å². The molecule has 0 saturated carbocycles. The molecule has 0 aliphatic heterocycles. The van der Waals surface area contributed by atoms with E-state index in [1.165, 1.54) is 0 Å². The first-order valence-corrected chi connectivity index (χ1v) is 8.69. The van der Waals surface area contributed by atoms with Crippen LogP contribution in [0.1, 0.15) is 22.7 Å². The highest BCUT2D eigenvalue weighted by Gasteiger charge is 2.29. The van der Waals surface area contributed by atoms with Gasteiger partial charge in [-0.15, -0.1) is 0 Å². The minimum absolute atomic E-state index is 0.237. The van der Waals surface area contributed by atoms with Gasteiger partial charge in [0.05, 0.1) is 9.67 Å². The Morgan fingerprint density at radius 3 is 2.76 bits per heavy atom. The van der Waals surface area contributed by atoms with Crippen molar-refractivity contribution in [2.75, 3.05) is 0 Å². The Bertz CT molecular complexity index is 715. The van der Waals surface area contributed by atoms with E-state index in [1.807, 2.05) is 36.4 Å². The molecule has 21 heavy (non-hydrogen) atoms. The van der Waals surface area contributed by atoms with Gasteiger partial charge in [0.1, 0.15) is 11.8 Å². The summed E-state index contributed by atoms with van der Waals surface area (Å²) in [7, 11) is 0. The molecule has 2 aromatic carbocycles. The molecule has 0 saturated heterocycles. The van der Waals surface area contributed by atoms with Crippen LogP contribution < -0.4 is 0 Å². The monoisotopic (exact) mass is 505 g/mol. The number of phenolic OH excluding ortho intramolecular Hbond substituents is 1. The van der Waals surface area contributed by atoms with Crippen molar-refractivity contribution >= 4 is 51.4 Å². The van der Waals surface area contributed by atoms with Gasteiger partial charge in [-0.05, 0) is 68.4 Å². The highest BCUT2D eigenvalue weighted by Crippen LogP contribution is 2.34. The molecule has 2 N–H and O–H groups in total. The fourth-order valence-electron chi connectivity index (χ4n) is 2.58. The molecule has 0 amide bonds. The third-order valence-electron chi connectivity index (χ3n) is 3.60. The highest BCUT2D eigenvalue weighted by atomic mass is 127. The van der Waals surface area contributed by atoms with Crippen LogP contribution in [0.15, 0.2) is 41.4 Å². The van der Waals surface area contributed by atoms with Gasteiger partial charge in [-0.1, -0.05) is 24.3 Å². The maximum absolute atomic E-state index is 10.2. The van der Waals surface area contributed by atoms with Crippen LogP contribution in [-0.2, 0) is 6.42 Å². The molecule has 108 valence electrons. The van der Waals surface area contributed by atoms with Crippen molar-refractivity contribution in [1.29, 1.82) is 0 Å². The average Bonchev–Trinajstić information content (AvgIpc) is 2.77. The van der Waals surface area contributed by atoms with Gasteiger partial charge in [0, 0.05) is 21.8 Å². The number of aliphatic hydroxyl groups is 1. The topological polar surface area (TPSA) is 52.8 Å². The standard InChI is InChI=1S/C16H13I2NO2/c17-11-5-10(16(21)13(18)7-11)8-19-15-12-4-2-1-3-9(12)6-14(15)20/h1-5,7-8,14-15,20-21H,6H2/t14-,15+/m0/s1. The Balaban J connectivity index is 1.94. The van der Waals surface area contributed by atoms with Gasteiger partial charge < -0.3 is 10.2 Å². The number of benzene rings is 2. The number of nitrogens with zero attached hydrogens (tertiary/aromatic N) is 1. The SMILES string of the molecule is Oc1c(I)cc(I)cc1C=N[C@@H]1c2ccccc2C[C@@H]1O. The van der Waals surface area contributed by atoms with Crippen molar-refractivity contribution in [3.8, 4) is 5.75 Å². The summed E-state index contributed by atoms with van der Waals surface area (Å²) in [5, 5.41) is 20.3. The normalized spacial score (nSPS) is 20.9. The molecule has 0 fully saturated rings. The second-order valence-corrected chi connectivity index (χ2v) is 7.43. The molecule has 0 bridgehead atoms. The lowest BCUT2D eigenvalue weighted by Gasteiger charge is -2.11. The van der Waals surface area contributed by atoms with E-state index in [-0.39, 0.29) is 11.8 Å². The number of hydrogen-bond acceptors (Lipinski definition) is 3. The van der Waals surface area contributed by atoms with Gasteiger partial charge in [0.15, 0.2) is 0 Å². The molecular weight excluding hydrogens is 492 g/mol. The first kappa shape index (κ1) is 15.2. The minimum atomic E-state index is -0.498. The van der Waals surface area contributed by atoms with E-state index in [1.54, 1.807) is 6.21 Å². The zero-order valence-corrected chi connectivity index (χ0v) is 15.3. The molecule has 0 aromatic heterocycles. The van der Waals surface area contributed by atoms with E-state index in [2.05, 4.69) is 50.2 Å². The number of aromatic hydroxyl groups is 1. The summed E-state index contributed by atoms with van der Waals surface area (Å²) in [6.07, 6.45) is 1.80. The Hall–Kier alpha value is -0.670. The molecule has 5 heteroatoms. The predicted molar refractivity (Wildman–Crippen MR) is 100 cm³/mol. The average molecular weight is 505 g/mol. The first-order valence-electron chi connectivity index (χ1n) is 6.53. The smallest absolute Gasteiger partial charge is 0.137 e. The number of aliphatic imine (C=N–C) groups is 1. The molecule has 0 unspecified atom stereocenters. The fraction of sp³-hybridized carbons (Fsp3) is 0.188. The van der Waals surface area contributed by atoms with Crippen LogP contribution in [0.2, 0.25) is 0 Å². The molecule has 2 atom stereocenters. The van der Waals surface area contributed by atoms with Gasteiger partial charge in [-0.2, -0.15) is 0 Å². The van der Waals surface area contributed by atoms with E-state index in [0.717, 1.165) is 18.3 Å². The van der Waals surface area contributed by atoms with Crippen molar-refractivity contribution in [1.82, 2.24) is 0 Å². The summed E-state index contributed by atoms with van der Waals surface area (Å²) in [4.78, 5) is 4.52.